The van der Waals surface area contributed by atoms with E-state index in [4.69, 9.17) is 0 Å². The molecule has 1 N–H and O–H groups in total. The van der Waals surface area contributed by atoms with Gasteiger partial charge in [-0.05, 0) is 27.6 Å². The molecule has 114 valence electrons. The lowest BCUT2D eigenvalue weighted by Crippen LogP contribution is -2.59. The van der Waals surface area contributed by atoms with Crippen molar-refractivity contribution in [1.29, 1.82) is 0 Å². The van der Waals surface area contributed by atoms with Crippen LogP contribution in [-0.4, -0.2) is 76.9 Å². The van der Waals surface area contributed by atoms with Crippen LogP contribution in [0.4, 0.5) is 0 Å². The minimum absolute atomic E-state index is 0.419. The van der Waals surface area contributed by atoms with Gasteiger partial charge in [-0.25, -0.2) is 4.98 Å². The normalized spacial score (nSPS) is 23.1. The third-order valence-corrected chi connectivity index (χ3v) is 4.23. The molecule has 1 saturated heterocycles. The van der Waals surface area contributed by atoms with Crippen LogP contribution in [0.15, 0.2) is 6.33 Å². The molecule has 0 radical (unpaired) electrons. The van der Waals surface area contributed by atoms with Gasteiger partial charge in [0.25, 0.3) is 0 Å². The van der Waals surface area contributed by atoms with Gasteiger partial charge in [0.05, 0.1) is 0 Å². The van der Waals surface area contributed by atoms with Crippen molar-refractivity contribution in [3.05, 3.63) is 12.2 Å². The Morgan fingerprint density at radius 3 is 2.85 bits per heavy atom. The van der Waals surface area contributed by atoms with Crippen LogP contribution in [0.25, 0.3) is 0 Å². The Morgan fingerprint density at radius 1 is 1.35 bits per heavy atom. The lowest BCUT2D eigenvalue weighted by Gasteiger charge is -2.42. The number of piperazine rings is 1. The van der Waals surface area contributed by atoms with Crippen molar-refractivity contribution < 1.29 is 0 Å². The van der Waals surface area contributed by atoms with E-state index in [1.54, 1.807) is 6.33 Å². The molecule has 6 heteroatoms. The maximum Gasteiger partial charge on any atom is 0.138 e. The van der Waals surface area contributed by atoms with E-state index in [0.717, 1.165) is 45.0 Å². The summed E-state index contributed by atoms with van der Waals surface area (Å²) in [5.74, 6) is 1.08. The van der Waals surface area contributed by atoms with Gasteiger partial charge in [0.1, 0.15) is 12.2 Å². The third kappa shape index (κ3) is 3.56. The van der Waals surface area contributed by atoms with E-state index in [1.807, 2.05) is 4.68 Å². The Bertz CT molecular complexity index is 404. The molecule has 0 bridgehead atoms. The van der Waals surface area contributed by atoms with E-state index in [0.29, 0.717) is 12.1 Å². The Labute approximate surface area is 122 Å². The van der Waals surface area contributed by atoms with Crippen LogP contribution in [-0.2, 0) is 13.0 Å². The summed E-state index contributed by atoms with van der Waals surface area (Å²) in [5.41, 5.74) is 0. The summed E-state index contributed by atoms with van der Waals surface area (Å²) in [5, 5.41) is 7.92. The summed E-state index contributed by atoms with van der Waals surface area (Å²) in [7, 11) is 4.43. The molecule has 0 saturated carbocycles. The molecule has 2 atom stereocenters. The summed E-state index contributed by atoms with van der Waals surface area (Å²) >= 11 is 0. The van der Waals surface area contributed by atoms with Crippen LogP contribution < -0.4 is 5.32 Å². The summed E-state index contributed by atoms with van der Waals surface area (Å²) in [4.78, 5) is 9.32. The average Bonchev–Trinajstić information content (AvgIpc) is 2.88. The zero-order valence-electron chi connectivity index (χ0n) is 13.2. The lowest BCUT2D eigenvalue weighted by molar-refractivity contribution is 0.0872. The molecular formula is C14H28N6. The van der Waals surface area contributed by atoms with Crippen molar-refractivity contribution in [3.8, 4) is 0 Å². The third-order valence-electron chi connectivity index (χ3n) is 4.23. The predicted octanol–water partition coefficient (Wildman–Crippen LogP) is 0.0644. The first-order valence-corrected chi connectivity index (χ1v) is 7.64. The van der Waals surface area contributed by atoms with Crippen LogP contribution in [0.3, 0.4) is 0 Å². The molecule has 0 spiro atoms. The molecule has 0 aliphatic carbocycles. The van der Waals surface area contributed by atoms with Gasteiger partial charge in [0.2, 0.25) is 0 Å². The van der Waals surface area contributed by atoms with Crippen molar-refractivity contribution in [2.75, 3.05) is 40.3 Å². The van der Waals surface area contributed by atoms with Gasteiger partial charge in [-0.15, -0.1) is 0 Å². The molecule has 1 aliphatic rings. The molecule has 1 fully saturated rings. The summed E-state index contributed by atoms with van der Waals surface area (Å²) in [6.07, 6.45) is 2.60. The van der Waals surface area contributed by atoms with Crippen molar-refractivity contribution in [3.63, 3.8) is 0 Å². The summed E-state index contributed by atoms with van der Waals surface area (Å²) < 4.78 is 2.00. The SMILES string of the molecule is CCNC(Cc1ncnn1CC)C1CN(C)CCN1C. The van der Waals surface area contributed by atoms with Gasteiger partial charge < -0.3 is 10.2 Å². The highest BCUT2D eigenvalue weighted by Crippen LogP contribution is 2.13. The zero-order chi connectivity index (χ0) is 14.5. The fourth-order valence-electron chi connectivity index (χ4n) is 2.99. The predicted molar refractivity (Wildman–Crippen MR) is 80.8 cm³/mol. The lowest BCUT2D eigenvalue weighted by atomic mass is 10.0. The monoisotopic (exact) mass is 280 g/mol. The van der Waals surface area contributed by atoms with Gasteiger partial charge in [-0.3, -0.25) is 9.58 Å². The fraction of sp³-hybridized carbons (Fsp3) is 0.857. The Morgan fingerprint density at radius 2 is 2.15 bits per heavy atom. The van der Waals surface area contributed by atoms with Crippen molar-refractivity contribution >= 4 is 0 Å². The molecule has 1 aromatic heterocycles. The number of aryl methyl sites for hydroxylation is 1. The number of hydrogen-bond donors (Lipinski definition) is 1. The highest BCUT2D eigenvalue weighted by Gasteiger charge is 2.30. The Balaban J connectivity index is 2.09. The van der Waals surface area contributed by atoms with Gasteiger partial charge in [-0.2, -0.15) is 5.10 Å². The Kier molecular flexibility index (Phi) is 5.51. The van der Waals surface area contributed by atoms with Crippen LogP contribution in [0.2, 0.25) is 0 Å². The van der Waals surface area contributed by atoms with Crippen LogP contribution in [0, 0.1) is 0 Å². The number of aromatic nitrogens is 3. The topological polar surface area (TPSA) is 49.2 Å². The van der Waals surface area contributed by atoms with Crippen molar-refractivity contribution in [2.24, 2.45) is 0 Å². The van der Waals surface area contributed by atoms with E-state index in [1.165, 1.54) is 0 Å². The average molecular weight is 280 g/mol. The number of nitrogens with zero attached hydrogens (tertiary/aromatic N) is 5. The maximum atomic E-state index is 4.43. The Hall–Kier alpha value is -0.980. The quantitative estimate of drug-likeness (QED) is 0.799. The van der Waals surface area contributed by atoms with Crippen molar-refractivity contribution in [1.82, 2.24) is 29.9 Å². The highest BCUT2D eigenvalue weighted by molar-refractivity contribution is 4.97. The molecule has 20 heavy (non-hydrogen) atoms. The van der Waals surface area contributed by atoms with Gasteiger partial charge in [0, 0.05) is 44.7 Å². The molecule has 0 aromatic carbocycles. The molecular weight excluding hydrogens is 252 g/mol. The minimum Gasteiger partial charge on any atom is -0.312 e. The second-order valence-electron chi connectivity index (χ2n) is 5.67. The van der Waals surface area contributed by atoms with Crippen LogP contribution in [0.1, 0.15) is 19.7 Å². The first-order valence-electron chi connectivity index (χ1n) is 7.64. The first kappa shape index (κ1) is 15.4. The molecule has 1 aliphatic heterocycles. The van der Waals surface area contributed by atoms with Crippen LogP contribution in [0.5, 0.6) is 0 Å². The second-order valence-corrected chi connectivity index (χ2v) is 5.67. The number of rotatable bonds is 6. The van der Waals surface area contributed by atoms with E-state index in [9.17, 15) is 0 Å². The largest absolute Gasteiger partial charge is 0.312 e. The summed E-state index contributed by atoms with van der Waals surface area (Å²) in [6.45, 7) is 9.54. The zero-order valence-corrected chi connectivity index (χ0v) is 13.2. The van der Waals surface area contributed by atoms with Crippen LogP contribution >= 0.6 is 0 Å². The highest BCUT2D eigenvalue weighted by atomic mass is 15.3. The standard InChI is InChI=1S/C14H28N6/c1-5-15-12(9-14-16-11-17-20(14)6-2)13-10-18(3)7-8-19(13)4/h11-13,15H,5-10H2,1-4H3. The first-order chi connectivity index (χ1) is 9.65. The summed E-state index contributed by atoms with van der Waals surface area (Å²) in [6, 6.07) is 0.943. The second kappa shape index (κ2) is 7.15. The minimum atomic E-state index is 0.419. The number of nitrogens with one attached hydrogen (secondary N) is 1. The molecule has 2 unspecified atom stereocenters. The van der Waals surface area contributed by atoms with Gasteiger partial charge in [-0.1, -0.05) is 6.92 Å². The molecule has 1 aromatic rings. The molecule has 2 heterocycles. The van der Waals surface area contributed by atoms with E-state index >= 15 is 0 Å². The fourth-order valence-corrected chi connectivity index (χ4v) is 2.99. The number of likely N-dealkylation sites (N-methyl/N-ethyl adjacent to an activating group) is 3. The molecule has 0 amide bonds. The van der Waals surface area contributed by atoms with E-state index < -0.39 is 0 Å². The van der Waals surface area contributed by atoms with E-state index in [-0.39, 0.29) is 0 Å². The molecule has 6 nitrogen and oxygen atoms in total. The van der Waals surface area contributed by atoms with Crippen molar-refractivity contribution in [2.45, 2.75) is 38.9 Å². The van der Waals surface area contributed by atoms with E-state index in [2.05, 4.69) is 53.1 Å². The smallest absolute Gasteiger partial charge is 0.138 e. The molecule has 2 rings (SSSR count). The maximum absolute atomic E-state index is 4.43. The van der Waals surface area contributed by atoms with Gasteiger partial charge in [0.15, 0.2) is 0 Å². The number of hydrogen-bond acceptors (Lipinski definition) is 5. The van der Waals surface area contributed by atoms with Gasteiger partial charge >= 0.3 is 0 Å².